The highest BCUT2D eigenvalue weighted by molar-refractivity contribution is 6.10. The Morgan fingerprint density at radius 3 is 2.20 bits per heavy atom. The van der Waals surface area contributed by atoms with Gasteiger partial charge in [-0.3, -0.25) is 10.2 Å². The first kappa shape index (κ1) is 15.2. The van der Waals surface area contributed by atoms with Crippen molar-refractivity contribution < 1.29 is 4.79 Å². The highest BCUT2D eigenvalue weighted by Gasteiger charge is 2.12. The average molecular weight is 269 g/mol. The molecule has 6 heteroatoms. The topological polar surface area (TPSA) is 101 Å². The fraction of sp³-hybridized carbons (Fsp3) is 0.286. The number of hydrogen-bond acceptors (Lipinski definition) is 5. The number of nitrogens with zero attached hydrogens (tertiary/aromatic N) is 3. The van der Waals surface area contributed by atoms with Gasteiger partial charge in [-0.05, 0) is 37.5 Å². The molecule has 0 aliphatic rings. The van der Waals surface area contributed by atoms with Crippen molar-refractivity contribution in [2.75, 3.05) is 10.7 Å². The van der Waals surface area contributed by atoms with Gasteiger partial charge in [0.1, 0.15) is 12.1 Å². The van der Waals surface area contributed by atoms with Gasteiger partial charge in [0.05, 0.1) is 5.69 Å². The lowest BCUT2D eigenvalue weighted by atomic mass is 10.0. The van der Waals surface area contributed by atoms with E-state index in [1.807, 2.05) is 26.8 Å². The third-order valence-corrected chi connectivity index (χ3v) is 2.76. The maximum atomic E-state index is 11.2. The van der Waals surface area contributed by atoms with Gasteiger partial charge in [0.15, 0.2) is 0 Å². The Labute approximate surface area is 117 Å². The summed E-state index contributed by atoms with van der Waals surface area (Å²) < 4.78 is 0. The van der Waals surface area contributed by atoms with E-state index in [0.29, 0.717) is 11.4 Å². The summed E-state index contributed by atoms with van der Waals surface area (Å²) in [6, 6.07) is 5.25. The maximum absolute atomic E-state index is 11.2. The van der Waals surface area contributed by atoms with E-state index in [0.717, 1.165) is 16.7 Å². The van der Waals surface area contributed by atoms with Gasteiger partial charge in [0.25, 0.3) is 0 Å². The number of hydrazone groups is 1. The number of aryl methyl sites for hydroxylation is 2. The van der Waals surface area contributed by atoms with E-state index in [9.17, 15) is 4.79 Å². The van der Waals surface area contributed by atoms with Crippen LogP contribution in [0.3, 0.4) is 0 Å². The standard InChI is InChI=1S/C14H15N5O/c1-8-5-9(2)14(19-18-12(6-15)7-16)10(3)13(8)17-11(4)20/h5,19H,1-4H3,(H,17,20). The van der Waals surface area contributed by atoms with Crippen molar-refractivity contribution in [1.82, 2.24) is 0 Å². The van der Waals surface area contributed by atoms with Crippen LogP contribution in [0.5, 0.6) is 0 Å². The first-order valence-electron chi connectivity index (χ1n) is 5.93. The van der Waals surface area contributed by atoms with Crippen LogP contribution in [-0.4, -0.2) is 11.6 Å². The van der Waals surface area contributed by atoms with E-state index in [-0.39, 0.29) is 11.6 Å². The molecule has 1 amide bonds. The van der Waals surface area contributed by atoms with E-state index in [1.54, 1.807) is 12.1 Å². The summed E-state index contributed by atoms with van der Waals surface area (Å²) >= 11 is 0. The molecule has 0 heterocycles. The van der Waals surface area contributed by atoms with Crippen molar-refractivity contribution in [3.8, 4) is 12.1 Å². The summed E-state index contributed by atoms with van der Waals surface area (Å²) in [5, 5.41) is 23.8. The predicted molar refractivity (Wildman–Crippen MR) is 77.2 cm³/mol. The Morgan fingerprint density at radius 2 is 1.70 bits per heavy atom. The number of hydrogen-bond donors (Lipinski definition) is 2. The lowest BCUT2D eigenvalue weighted by Gasteiger charge is -2.16. The molecule has 20 heavy (non-hydrogen) atoms. The molecule has 6 nitrogen and oxygen atoms in total. The fourth-order valence-corrected chi connectivity index (χ4v) is 1.91. The number of rotatable bonds is 3. The zero-order chi connectivity index (χ0) is 15.3. The van der Waals surface area contributed by atoms with Gasteiger partial charge < -0.3 is 5.32 Å². The van der Waals surface area contributed by atoms with Crippen LogP contribution in [0.15, 0.2) is 11.2 Å². The van der Waals surface area contributed by atoms with E-state index < -0.39 is 0 Å². The molecule has 0 bridgehead atoms. The largest absolute Gasteiger partial charge is 0.326 e. The van der Waals surface area contributed by atoms with Gasteiger partial charge in [0, 0.05) is 12.6 Å². The number of nitrogens with one attached hydrogen (secondary N) is 2. The van der Waals surface area contributed by atoms with Crippen LogP contribution in [0.1, 0.15) is 23.6 Å². The molecule has 0 unspecified atom stereocenters. The summed E-state index contributed by atoms with van der Waals surface area (Å²) in [6.45, 7) is 7.05. The molecule has 0 spiro atoms. The monoisotopic (exact) mass is 269 g/mol. The van der Waals surface area contributed by atoms with Crippen LogP contribution in [0.4, 0.5) is 11.4 Å². The fourth-order valence-electron chi connectivity index (χ4n) is 1.91. The molecular formula is C14H15N5O. The average Bonchev–Trinajstić information content (AvgIpc) is 2.38. The van der Waals surface area contributed by atoms with Crippen molar-refractivity contribution in [3.63, 3.8) is 0 Å². The van der Waals surface area contributed by atoms with Crippen LogP contribution in [-0.2, 0) is 4.79 Å². The molecular weight excluding hydrogens is 254 g/mol. The number of nitriles is 2. The maximum Gasteiger partial charge on any atom is 0.237 e. The van der Waals surface area contributed by atoms with E-state index in [4.69, 9.17) is 10.5 Å². The smallest absolute Gasteiger partial charge is 0.237 e. The summed E-state index contributed by atoms with van der Waals surface area (Å²) in [6.07, 6.45) is 0. The summed E-state index contributed by atoms with van der Waals surface area (Å²) in [5.74, 6) is -0.163. The van der Waals surface area contributed by atoms with Crippen molar-refractivity contribution >= 4 is 23.0 Å². The minimum absolute atomic E-state index is 0.163. The number of amides is 1. The summed E-state index contributed by atoms with van der Waals surface area (Å²) in [7, 11) is 0. The first-order valence-corrected chi connectivity index (χ1v) is 5.93. The van der Waals surface area contributed by atoms with Crippen LogP contribution in [0.25, 0.3) is 0 Å². The van der Waals surface area contributed by atoms with Crippen LogP contribution in [0.2, 0.25) is 0 Å². The van der Waals surface area contributed by atoms with Crippen LogP contribution < -0.4 is 10.7 Å². The molecule has 0 radical (unpaired) electrons. The van der Waals surface area contributed by atoms with Crippen molar-refractivity contribution in [2.24, 2.45) is 5.10 Å². The molecule has 0 aromatic heterocycles. The Kier molecular flexibility index (Phi) is 4.82. The minimum atomic E-state index is -0.259. The van der Waals surface area contributed by atoms with Gasteiger partial charge in [-0.25, -0.2) is 0 Å². The molecule has 0 fully saturated rings. The molecule has 0 aliphatic heterocycles. The molecule has 0 atom stereocenters. The highest BCUT2D eigenvalue weighted by Crippen LogP contribution is 2.30. The lowest BCUT2D eigenvalue weighted by Crippen LogP contribution is -2.10. The second-order valence-corrected chi connectivity index (χ2v) is 4.36. The lowest BCUT2D eigenvalue weighted by molar-refractivity contribution is -0.114. The van der Waals surface area contributed by atoms with Crippen LogP contribution >= 0.6 is 0 Å². The molecule has 1 aromatic rings. The zero-order valence-electron chi connectivity index (χ0n) is 11.8. The van der Waals surface area contributed by atoms with Crippen molar-refractivity contribution in [3.05, 3.63) is 22.8 Å². The Morgan fingerprint density at radius 1 is 1.15 bits per heavy atom. The summed E-state index contributed by atoms with van der Waals surface area (Å²) in [5.41, 5.74) is 6.48. The second kappa shape index (κ2) is 6.35. The summed E-state index contributed by atoms with van der Waals surface area (Å²) in [4.78, 5) is 11.2. The molecule has 1 rings (SSSR count). The van der Waals surface area contributed by atoms with Gasteiger partial charge in [0.2, 0.25) is 11.6 Å². The molecule has 2 N–H and O–H groups in total. The van der Waals surface area contributed by atoms with Gasteiger partial charge >= 0.3 is 0 Å². The van der Waals surface area contributed by atoms with E-state index in [1.165, 1.54) is 6.92 Å². The third-order valence-electron chi connectivity index (χ3n) is 2.76. The Bertz CT molecular complexity index is 646. The number of benzene rings is 1. The molecule has 0 saturated heterocycles. The molecule has 0 saturated carbocycles. The SMILES string of the molecule is CC(=O)Nc1c(C)cc(C)c(NN=C(C#N)C#N)c1C. The Balaban J connectivity index is 3.28. The predicted octanol–water partition coefficient (Wildman–Crippen LogP) is 2.39. The van der Waals surface area contributed by atoms with Crippen LogP contribution in [0, 0.1) is 43.4 Å². The Hall–Kier alpha value is -2.86. The normalized spacial score (nSPS) is 9.10. The van der Waals surface area contributed by atoms with Gasteiger partial charge in [-0.1, -0.05) is 6.07 Å². The quantitative estimate of drug-likeness (QED) is 0.649. The molecule has 102 valence electrons. The van der Waals surface area contributed by atoms with E-state index in [2.05, 4.69) is 15.8 Å². The minimum Gasteiger partial charge on any atom is -0.326 e. The molecule has 0 aliphatic carbocycles. The number of carbonyl (C=O) groups is 1. The van der Waals surface area contributed by atoms with Crippen molar-refractivity contribution in [1.29, 1.82) is 10.5 Å². The van der Waals surface area contributed by atoms with E-state index >= 15 is 0 Å². The molecule has 1 aromatic carbocycles. The highest BCUT2D eigenvalue weighted by atomic mass is 16.1. The zero-order valence-corrected chi connectivity index (χ0v) is 11.8. The third kappa shape index (κ3) is 3.33. The van der Waals surface area contributed by atoms with Gasteiger partial charge in [-0.2, -0.15) is 15.6 Å². The number of carbonyl (C=O) groups excluding carboxylic acids is 1. The first-order chi connectivity index (χ1) is 9.40. The van der Waals surface area contributed by atoms with Crippen molar-refractivity contribution in [2.45, 2.75) is 27.7 Å². The number of anilines is 2. The van der Waals surface area contributed by atoms with Gasteiger partial charge in [-0.15, -0.1) is 0 Å². The second-order valence-electron chi connectivity index (χ2n) is 4.36.